The van der Waals surface area contributed by atoms with Crippen LogP contribution in [-0.2, 0) is 9.47 Å². The first-order chi connectivity index (χ1) is 7.68. The molecule has 0 aromatic carbocycles. The van der Waals surface area contributed by atoms with Gasteiger partial charge in [-0.3, -0.25) is 0 Å². The topological polar surface area (TPSA) is 38.7 Å². The molecule has 2 aliphatic rings. The first kappa shape index (κ1) is 12.3. The number of rotatable bonds is 3. The van der Waals surface area contributed by atoms with Crippen molar-refractivity contribution in [2.45, 2.75) is 50.7 Å². The minimum Gasteiger partial charge on any atom is -0.390 e. The normalized spacial score (nSPS) is 42.2. The van der Waals surface area contributed by atoms with Gasteiger partial charge in [0.25, 0.3) is 0 Å². The van der Waals surface area contributed by atoms with Crippen molar-refractivity contribution < 1.29 is 14.6 Å². The van der Waals surface area contributed by atoms with Crippen LogP contribution in [0, 0.1) is 11.8 Å². The minimum atomic E-state index is -0.354. The van der Waals surface area contributed by atoms with Gasteiger partial charge >= 0.3 is 0 Å². The molecule has 0 aromatic heterocycles. The third-order valence-electron chi connectivity index (χ3n) is 4.48. The van der Waals surface area contributed by atoms with Crippen molar-refractivity contribution in [3.8, 4) is 0 Å². The van der Waals surface area contributed by atoms with Gasteiger partial charge in [-0.2, -0.15) is 0 Å². The van der Waals surface area contributed by atoms with E-state index in [1.165, 1.54) is 12.8 Å². The average molecular weight is 228 g/mol. The molecule has 3 nitrogen and oxygen atoms in total. The fraction of sp³-hybridized carbons (Fsp3) is 1.00. The third-order valence-corrected chi connectivity index (χ3v) is 4.48. The van der Waals surface area contributed by atoms with Gasteiger partial charge in [0.05, 0.1) is 18.3 Å². The van der Waals surface area contributed by atoms with Gasteiger partial charge in [-0.25, -0.2) is 0 Å². The van der Waals surface area contributed by atoms with Gasteiger partial charge in [0.15, 0.2) is 0 Å². The lowest BCUT2D eigenvalue weighted by atomic mass is 9.73. The van der Waals surface area contributed by atoms with E-state index < -0.39 is 0 Å². The van der Waals surface area contributed by atoms with Crippen LogP contribution >= 0.6 is 0 Å². The Kier molecular flexibility index (Phi) is 3.88. The van der Waals surface area contributed by atoms with E-state index in [0.717, 1.165) is 31.8 Å². The fourth-order valence-electron chi connectivity index (χ4n) is 3.10. The number of hydrogen-bond donors (Lipinski definition) is 1. The smallest absolute Gasteiger partial charge is 0.0940 e. The summed E-state index contributed by atoms with van der Waals surface area (Å²) in [5.41, 5.74) is -0.301. The number of hydrogen-bond acceptors (Lipinski definition) is 3. The van der Waals surface area contributed by atoms with Crippen LogP contribution in [0.5, 0.6) is 0 Å². The molecule has 0 radical (unpaired) electrons. The van der Waals surface area contributed by atoms with Gasteiger partial charge in [0, 0.05) is 19.6 Å². The predicted molar refractivity (Wildman–Crippen MR) is 62.3 cm³/mol. The Morgan fingerprint density at radius 3 is 2.50 bits per heavy atom. The quantitative estimate of drug-likeness (QED) is 0.802. The zero-order valence-electron chi connectivity index (χ0n) is 10.4. The maximum Gasteiger partial charge on any atom is 0.0940 e. The van der Waals surface area contributed by atoms with E-state index >= 15 is 0 Å². The highest BCUT2D eigenvalue weighted by Gasteiger charge is 2.45. The first-order valence-electron chi connectivity index (χ1n) is 6.49. The molecule has 1 saturated carbocycles. The molecule has 1 aliphatic heterocycles. The van der Waals surface area contributed by atoms with Crippen LogP contribution in [0.15, 0.2) is 0 Å². The summed E-state index contributed by atoms with van der Waals surface area (Å²) in [5.74, 6) is 1.05. The largest absolute Gasteiger partial charge is 0.390 e. The molecule has 0 bridgehead atoms. The second-order valence-electron chi connectivity index (χ2n) is 5.52. The van der Waals surface area contributed by atoms with Gasteiger partial charge in [-0.1, -0.05) is 6.92 Å². The lowest BCUT2D eigenvalue weighted by molar-refractivity contribution is -0.146. The van der Waals surface area contributed by atoms with Crippen LogP contribution < -0.4 is 0 Å². The second-order valence-corrected chi connectivity index (χ2v) is 5.52. The maximum absolute atomic E-state index is 10.5. The van der Waals surface area contributed by atoms with E-state index in [0.29, 0.717) is 6.61 Å². The molecule has 16 heavy (non-hydrogen) atoms. The summed E-state index contributed by atoms with van der Waals surface area (Å²) in [5, 5.41) is 10.5. The molecule has 0 aromatic rings. The van der Waals surface area contributed by atoms with Crippen molar-refractivity contribution in [2.75, 3.05) is 20.3 Å². The van der Waals surface area contributed by atoms with Gasteiger partial charge in [-0.05, 0) is 38.0 Å². The molecule has 2 unspecified atom stereocenters. The Hall–Kier alpha value is -0.120. The molecule has 0 spiro atoms. The molecule has 2 atom stereocenters. The first-order valence-corrected chi connectivity index (χ1v) is 6.49. The summed E-state index contributed by atoms with van der Waals surface area (Å²) in [6, 6.07) is 0. The van der Waals surface area contributed by atoms with Crippen LogP contribution in [-0.4, -0.2) is 37.1 Å². The van der Waals surface area contributed by atoms with Gasteiger partial charge in [0.2, 0.25) is 0 Å². The lowest BCUT2D eigenvalue weighted by Crippen LogP contribution is -2.50. The van der Waals surface area contributed by atoms with Crippen molar-refractivity contribution in [3.63, 3.8) is 0 Å². The molecule has 2 fully saturated rings. The van der Waals surface area contributed by atoms with Gasteiger partial charge in [-0.15, -0.1) is 0 Å². The van der Waals surface area contributed by atoms with Crippen LogP contribution in [0.2, 0.25) is 0 Å². The SMILES string of the molecule is COC1(C(O)C2CCOC2)CCC(C)CC1. The Balaban J connectivity index is 2.02. The zero-order chi connectivity index (χ0) is 11.6. The fourth-order valence-corrected chi connectivity index (χ4v) is 3.10. The number of ether oxygens (including phenoxy) is 2. The molecular formula is C13H24O3. The monoisotopic (exact) mass is 228 g/mol. The van der Waals surface area contributed by atoms with E-state index in [4.69, 9.17) is 9.47 Å². The summed E-state index contributed by atoms with van der Waals surface area (Å²) in [6.45, 7) is 3.77. The van der Waals surface area contributed by atoms with Crippen molar-refractivity contribution >= 4 is 0 Å². The summed E-state index contributed by atoms with van der Waals surface area (Å²) in [4.78, 5) is 0. The molecule has 1 heterocycles. The summed E-state index contributed by atoms with van der Waals surface area (Å²) in [6.07, 6.45) is 4.93. The van der Waals surface area contributed by atoms with Crippen LogP contribution in [0.3, 0.4) is 0 Å². The Bertz CT molecular complexity index is 215. The second kappa shape index (κ2) is 5.03. The standard InChI is InChI=1S/C13H24O3/c1-10-3-6-13(15-2,7-4-10)12(14)11-5-8-16-9-11/h10-12,14H,3-9H2,1-2H3. The molecule has 94 valence electrons. The zero-order valence-corrected chi connectivity index (χ0v) is 10.4. The van der Waals surface area contributed by atoms with E-state index in [2.05, 4.69) is 6.92 Å². The molecule has 1 N–H and O–H groups in total. The number of methoxy groups -OCH3 is 1. The Morgan fingerprint density at radius 1 is 1.31 bits per heavy atom. The number of aliphatic hydroxyl groups excluding tert-OH is 1. The highest BCUT2D eigenvalue weighted by atomic mass is 16.5. The highest BCUT2D eigenvalue weighted by Crippen LogP contribution is 2.40. The molecule has 1 saturated heterocycles. The molecule has 0 amide bonds. The molecule has 3 heteroatoms. The van der Waals surface area contributed by atoms with Crippen LogP contribution in [0.25, 0.3) is 0 Å². The third kappa shape index (κ3) is 2.27. The molecular weight excluding hydrogens is 204 g/mol. The highest BCUT2D eigenvalue weighted by molar-refractivity contribution is 4.96. The van der Waals surface area contributed by atoms with Crippen molar-refractivity contribution in [3.05, 3.63) is 0 Å². The number of aliphatic hydroxyl groups is 1. The van der Waals surface area contributed by atoms with Crippen molar-refractivity contribution in [2.24, 2.45) is 11.8 Å². The van der Waals surface area contributed by atoms with Crippen LogP contribution in [0.4, 0.5) is 0 Å². The van der Waals surface area contributed by atoms with E-state index in [1.807, 2.05) is 0 Å². The predicted octanol–water partition coefficient (Wildman–Crippen LogP) is 1.98. The average Bonchev–Trinajstić information content (AvgIpc) is 2.83. The summed E-state index contributed by atoms with van der Waals surface area (Å²) < 4.78 is 11.1. The van der Waals surface area contributed by atoms with E-state index in [9.17, 15) is 5.11 Å². The molecule has 1 aliphatic carbocycles. The lowest BCUT2D eigenvalue weighted by Gasteiger charge is -2.43. The Morgan fingerprint density at radius 2 is 2.00 bits per heavy atom. The summed E-state index contributed by atoms with van der Waals surface area (Å²) >= 11 is 0. The van der Waals surface area contributed by atoms with Crippen molar-refractivity contribution in [1.82, 2.24) is 0 Å². The van der Waals surface area contributed by atoms with E-state index in [1.54, 1.807) is 7.11 Å². The van der Waals surface area contributed by atoms with Gasteiger partial charge < -0.3 is 14.6 Å². The van der Waals surface area contributed by atoms with E-state index in [-0.39, 0.29) is 17.6 Å². The van der Waals surface area contributed by atoms with Crippen molar-refractivity contribution in [1.29, 1.82) is 0 Å². The Labute approximate surface area is 98.1 Å². The van der Waals surface area contributed by atoms with Gasteiger partial charge in [0.1, 0.15) is 0 Å². The minimum absolute atomic E-state index is 0.272. The summed E-state index contributed by atoms with van der Waals surface area (Å²) in [7, 11) is 1.75. The maximum atomic E-state index is 10.5. The molecule has 2 rings (SSSR count). The van der Waals surface area contributed by atoms with Crippen LogP contribution in [0.1, 0.15) is 39.0 Å².